The monoisotopic (exact) mass is 294 g/mol. The van der Waals surface area contributed by atoms with Crippen molar-refractivity contribution < 1.29 is 13.9 Å². The molecule has 4 heteroatoms. The van der Waals surface area contributed by atoms with Gasteiger partial charge in [0.15, 0.2) is 4.67 Å². The highest BCUT2D eigenvalue weighted by atomic mass is 79.9. The van der Waals surface area contributed by atoms with Crippen LogP contribution in [0.1, 0.15) is 13.3 Å². The zero-order chi connectivity index (χ0) is 12.3. The van der Waals surface area contributed by atoms with E-state index in [2.05, 4.69) is 15.9 Å². The Labute approximate surface area is 108 Å². The van der Waals surface area contributed by atoms with Gasteiger partial charge in [-0.2, -0.15) is 0 Å². The minimum absolute atomic E-state index is 0.231. The SMILES string of the molecule is CCC(=O)Oc1oc(Br)cc1-c1ccccc1. The topological polar surface area (TPSA) is 39.4 Å². The number of halogens is 1. The molecule has 0 atom stereocenters. The number of rotatable bonds is 3. The molecule has 1 aromatic carbocycles. The second-order valence-electron chi connectivity index (χ2n) is 3.45. The third-order valence-electron chi connectivity index (χ3n) is 2.25. The van der Waals surface area contributed by atoms with Crippen LogP contribution in [0.25, 0.3) is 11.1 Å². The van der Waals surface area contributed by atoms with Gasteiger partial charge in [0.2, 0.25) is 0 Å². The van der Waals surface area contributed by atoms with E-state index in [1.807, 2.05) is 30.3 Å². The number of carbonyl (C=O) groups is 1. The Kier molecular flexibility index (Phi) is 3.64. The number of esters is 1. The molecule has 0 saturated heterocycles. The van der Waals surface area contributed by atoms with Gasteiger partial charge in [-0.25, -0.2) is 0 Å². The molecule has 0 bridgehead atoms. The average molecular weight is 295 g/mol. The van der Waals surface area contributed by atoms with Gasteiger partial charge >= 0.3 is 11.9 Å². The first-order valence-corrected chi connectivity index (χ1v) is 6.05. The fourth-order valence-electron chi connectivity index (χ4n) is 1.42. The predicted molar refractivity (Wildman–Crippen MR) is 67.8 cm³/mol. The lowest BCUT2D eigenvalue weighted by Gasteiger charge is -2.02. The summed E-state index contributed by atoms with van der Waals surface area (Å²) in [6.45, 7) is 1.74. The molecule has 2 aromatic rings. The van der Waals surface area contributed by atoms with E-state index in [1.165, 1.54) is 0 Å². The van der Waals surface area contributed by atoms with E-state index in [9.17, 15) is 4.79 Å². The normalized spacial score (nSPS) is 10.2. The van der Waals surface area contributed by atoms with Crippen molar-refractivity contribution in [1.29, 1.82) is 0 Å². The molecule has 0 aliphatic rings. The summed E-state index contributed by atoms with van der Waals surface area (Å²) in [5.41, 5.74) is 1.71. The molecule has 0 aliphatic carbocycles. The van der Waals surface area contributed by atoms with Crippen LogP contribution in [0.5, 0.6) is 5.95 Å². The smallest absolute Gasteiger partial charge is 0.313 e. The first-order chi connectivity index (χ1) is 8.20. The molecular weight excluding hydrogens is 284 g/mol. The Morgan fingerprint density at radius 2 is 2.06 bits per heavy atom. The van der Waals surface area contributed by atoms with Crippen LogP contribution < -0.4 is 4.74 Å². The van der Waals surface area contributed by atoms with Crippen molar-refractivity contribution in [1.82, 2.24) is 0 Å². The molecule has 0 unspecified atom stereocenters. The lowest BCUT2D eigenvalue weighted by Crippen LogP contribution is -2.05. The number of hydrogen-bond acceptors (Lipinski definition) is 3. The number of furan rings is 1. The highest BCUT2D eigenvalue weighted by Crippen LogP contribution is 2.35. The van der Waals surface area contributed by atoms with Gasteiger partial charge in [-0.3, -0.25) is 4.79 Å². The Morgan fingerprint density at radius 3 is 2.71 bits per heavy atom. The largest absolute Gasteiger partial charge is 0.418 e. The van der Waals surface area contributed by atoms with Crippen LogP contribution in [0.2, 0.25) is 0 Å². The zero-order valence-corrected chi connectivity index (χ0v) is 10.9. The van der Waals surface area contributed by atoms with E-state index in [-0.39, 0.29) is 11.9 Å². The number of carbonyl (C=O) groups excluding carboxylic acids is 1. The summed E-state index contributed by atoms with van der Waals surface area (Å²) in [6.07, 6.45) is 0.312. The summed E-state index contributed by atoms with van der Waals surface area (Å²) in [4.78, 5) is 11.3. The molecule has 0 spiro atoms. The average Bonchev–Trinajstić information content (AvgIpc) is 2.71. The quantitative estimate of drug-likeness (QED) is 0.803. The Morgan fingerprint density at radius 1 is 1.35 bits per heavy atom. The predicted octanol–water partition coefficient (Wildman–Crippen LogP) is 4.02. The first-order valence-electron chi connectivity index (χ1n) is 5.26. The number of ether oxygens (including phenoxy) is 1. The van der Waals surface area contributed by atoms with Crippen LogP contribution in [-0.4, -0.2) is 5.97 Å². The molecule has 17 heavy (non-hydrogen) atoms. The molecule has 2 rings (SSSR count). The minimum atomic E-state index is -0.316. The van der Waals surface area contributed by atoms with Crippen LogP contribution in [0.4, 0.5) is 0 Å². The van der Waals surface area contributed by atoms with Gasteiger partial charge in [-0.1, -0.05) is 37.3 Å². The molecule has 88 valence electrons. The van der Waals surface area contributed by atoms with Crippen molar-refractivity contribution in [3.8, 4) is 17.1 Å². The molecular formula is C13H11BrO3. The van der Waals surface area contributed by atoms with Crippen LogP contribution in [0.15, 0.2) is 45.5 Å². The van der Waals surface area contributed by atoms with Gasteiger partial charge < -0.3 is 9.15 Å². The highest BCUT2D eigenvalue weighted by molar-refractivity contribution is 9.10. The van der Waals surface area contributed by atoms with Crippen LogP contribution in [0, 0.1) is 0 Å². The van der Waals surface area contributed by atoms with E-state index in [0.717, 1.165) is 11.1 Å². The van der Waals surface area contributed by atoms with E-state index in [4.69, 9.17) is 9.15 Å². The number of hydrogen-bond donors (Lipinski definition) is 0. The summed E-state index contributed by atoms with van der Waals surface area (Å²) in [5, 5.41) is 0. The second kappa shape index (κ2) is 5.19. The Hall–Kier alpha value is -1.55. The van der Waals surface area contributed by atoms with Gasteiger partial charge in [0.25, 0.3) is 0 Å². The van der Waals surface area contributed by atoms with Crippen molar-refractivity contribution in [2.45, 2.75) is 13.3 Å². The molecule has 0 aliphatic heterocycles. The Balaban J connectivity index is 2.37. The van der Waals surface area contributed by atoms with Gasteiger partial charge in [0.1, 0.15) is 0 Å². The van der Waals surface area contributed by atoms with Crippen molar-refractivity contribution in [3.63, 3.8) is 0 Å². The molecule has 0 fully saturated rings. The standard InChI is InChI=1S/C13H11BrO3/c1-2-12(15)17-13-10(8-11(14)16-13)9-6-4-3-5-7-9/h3-8H,2H2,1H3. The minimum Gasteiger partial charge on any atom is -0.418 e. The van der Waals surface area contributed by atoms with Gasteiger partial charge in [0, 0.05) is 12.5 Å². The van der Waals surface area contributed by atoms with Crippen molar-refractivity contribution in [2.24, 2.45) is 0 Å². The summed E-state index contributed by atoms with van der Waals surface area (Å²) < 4.78 is 11.0. The lowest BCUT2D eigenvalue weighted by atomic mass is 10.1. The van der Waals surface area contributed by atoms with Gasteiger partial charge in [0.05, 0.1) is 5.56 Å². The first kappa shape index (κ1) is 11.9. The highest BCUT2D eigenvalue weighted by Gasteiger charge is 2.15. The third-order valence-corrected chi connectivity index (χ3v) is 2.64. The fourth-order valence-corrected chi connectivity index (χ4v) is 1.79. The van der Waals surface area contributed by atoms with E-state index in [1.54, 1.807) is 13.0 Å². The number of benzene rings is 1. The fraction of sp³-hybridized carbons (Fsp3) is 0.154. The summed E-state index contributed by atoms with van der Waals surface area (Å²) in [5.74, 6) is -0.0843. The van der Waals surface area contributed by atoms with Crippen molar-refractivity contribution >= 4 is 21.9 Å². The molecule has 1 aromatic heterocycles. The molecule has 0 N–H and O–H groups in total. The maximum atomic E-state index is 11.3. The molecule has 3 nitrogen and oxygen atoms in total. The van der Waals surface area contributed by atoms with E-state index in [0.29, 0.717) is 11.1 Å². The van der Waals surface area contributed by atoms with Crippen LogP contribution in [-0.2, 0) is 4.79 Å². The summed E-state index contributed by atoms with van der Waals surface area (Å²) >= 11 is 3.23. The molecule has 0 radical (unpaired) electrons. The Bertz CT molecular complexity index is 517. The van der Waals surface area contributed by atoms with Crippen LogP contribution >= 0.6 is 15.9 Å². The van der Waals surface area contributed by atoms with Gasteiger partial charge in [-0.05, 0) is 21.5 Å². The molecule has 0 amide bonds. The summed E-state index contributed by atoms with van der Waals surface area (Å²) in [7, 11) is 0. The lowest BCUT2D eigenvalue weighted by molar-refractivity contribution is -0.135. The second-order valence-corrected chi connectivity index (χ2v) is 4.23. The van der Waals surface area contributed by atoms with Crippen molar-refractivity contribution in [2.75, 3.05) is 0 Å². The summed E-state index contributed by atoms with van der Waals surface area (Å²) in [6, 6.07) is 11.4. The van der Waals surface area contributed by atoms with E-state index >= 15 is 0 Å². The third kappa shape index (κ3) is 2.77. The maximum absolute atomic E-state index is 11.3. The zero-order valence-electron chi connectivity index (χ0n) is 9.27. The molecule has 0 saturated carbocycles. The van der Waals surface area contributed by atoms with Crippen LogP contribution in [0.3, 0.4) is 0 Å². The van der Waals surface area contributed by atoms with Crippen molar-refractivity contribution in [3.05, 3.63) is 41.1 Å². The maximum Gasteiger partial charge on any atom is 0.313 e. The van der Waals surface area contributed by atoms with E-state index < -0.39 is 0 Å². The van der Waals surface area contributed by atoms with Gasteiger partial charge in [-0.15, -0.1) is 0 Å². The molecule has 1 heterocycles.